The van der Waals surface area contributed by atoms with E-state index in [4.69, 9.17) is 0 Å². The topological polar surface area (TPSA) is 12.9 Å². The Labute approximate surface area is 76.2 Å². The zero-order valence-electron chi connectivity index (χ0n) is 7.51. The van der Waals surface area contributed by atoms with Crippen molar-refractivity contribution in [2.75, 3.05) is 0 Å². The lowest BCUT2D eigenvalue weighted by atomic mass is 10.1. The standard InChI is InChI=1S/C10H11NS/c1-6-4-7(2)10-9(5-6)8(3)12-11-10/h4-5H,1-3H3. The maximum absolute atomic E-state index is 4.40. The van der Waals surface area contributed by atoms with Crippen molar-refractivity contribution in [2.45, 2.75) is 20.8 Å². The SMILES string of the molecule is Cc1cc(C)c2nsc(C)c2c1. The van der Waals surface area contributed by atoms with Gasteiger partial charge < -0.3 is 0 Å². The molecule has 2 rings (SSSR count). The Bertz CT molecular complexity index is 429. The molecule has 12 heavy (non-hydrogen) atoms. The summed E-state index contributed by atoms with van der Waals surface area (Å²) in [6, 6.07) is 4.39. The molecular formula is C10H11NS. The minimum Gasteiger partial charge on any atom is -0.192 e. The Hall–Kier alpha value is -0.890. The molecule has 1 aromatic carbocycles. The Morgan fingerprint density at radius 2 is 1.92 bits per heavy atom. The number of hydrogen-bond donors (Lipinski definition) is 0. The van der Waals surface area contributed by atoms with Crippen LogP contribution in [0, 0.1) is 20.8 Å². The van der Waals surface area contributed by atoms with Crippen LogP contribution in [0.4, 0.5) is 0 Å². The van der Waals surface area contributed by atoms with Crippen LogP contribution in [0.3, 0.4) is 0 Å². The monoisotopic (exact) mass is 177 g/mol. The number of aromatic nitrogens is 1. The Morgan fingerprint density at radius 3 is 2.67 bits per heavy atom. The van der Waals surface area contributed by atoms with E-state index in [0.29, 0.717) is 0 Å². The van der Waals surface area contributed by atoms with E-state index >= 15 is 0 Å². The van der Waals surface area contributed by atoms with Crippen molar-refractivity contribution in [1.29, 1.82) is 0 Å². The molecule has 0 aliphatic carbocycles. The number of aryl methyl sites for hydroxylation is 3. The van der Waals surface area contributed by atoms with E-state index in [1.807, 2.05) is 0 Å². The zero-order chi connectivity index (χ0) is 8.72. The van der Waals surface area contributed by atoms with Gasteiger partial charge >= 0.3 is 0 Å². The lowest BCUT2D eigenvalue weighted by Gasteiger charge is -1.97. The molecule has 0 radical (unpaired) electrons. The van der Waals surface area contributed by atoms with Crippen molar-refractivity contribution < 1.29 is 0 Å². The molecule has 0 saturated heterocycles. The quantitative estimate of drug-likeness (QED) is 0.602. The van der Waals surface area contributed by atoms with Gasteiger partial charge in [-0.3, -0.25) is 0 Å². The summed E-state index contributed by atoms with van der Waals surface area (Å²) in [5.74, 6) is 0. The van der Waals surface area contributed by atoms with E-state index in [0.717, 1.165) is 0 Å². The molecule has 0 N–H and O–H groups in total. The van der Waals surface area contributed by atoms with Gasteiger partial charge in [0.25, 0.3) is 0 Å². The predicted octanol–water partition coefficient (Wildman–Crippen LogP) is 3.22. The second kappa shape index (κ2) is 2.56. The van der Waals surface area contributed by atoms with Gasteiger partial charge in [-0.15, -0.1) is 0 Å². The molecule has 0 spiro atoms. The molecule has 0 bridgehead atoms. The van der Waals surface area contributed by atoms with Crippen LogP contribution < -0.4 is 0 Å². The lowest BCUT2D eigenvalue weighted by molar-refractivity contribution is 1.41. The van der Waals surface area contributed by atoms with Gasteiger partial charge in [0, 0.05) is 10.3 Å². The van der Waals surface area contributed by atoms with Crippen molar-refractivity contribution in [3.8, 4) is 0 Å². The number of benzene rings is 1. The van der Waals surface area contributed by atoms with Gasteiger partial charge in [-0.2, -0.15) is 4.37 Å². The van der Waals surface area contributed by atoms with E-state index < -0.39 is 0 Å². The first-order valence-corrected chi connectivity index (χ1v) is 4.79. The molecule has 0 amide bonds. The largest absolute Gasteiger partial charge is 0.192 e. The molecule has 0 aliphatic heterocycles. The van der Waals surface area contributed by atoms with E-state index in [1.54, 1.807) is 11.5 Å². The summed E-state index contributed by atoms with van der Waals surface area (Å²) in [7, 11) is 0. The van der Waals surface area contributed by atoms with Gasteiger partial charge in [0.05, 0.1) is 5.52 Å². The van der Waals surface area contributed by atoms with Crippen LogP contribution in [0.25, 0.3) is 10.9 Å². The van der Waals surface area contributed by atoms with Crippen molar-refractivity contribution >= 4 is 22.4 Å². The van der Waals surface area contributed by atoms with E-state index in [1.165, 1.54) is 26.9 Å². The molecule has 1 nitrogen and oxygen atoms in total. The lowest BCUT2D eigenvalue weighted by Crippen LogP contribution is -1.79. The van der Waals surface area contributed by atoms with Crippen LogP contribution >= 0.6 is 11.5 Å². The van der Waals surface area contributed by atoms with Crippen LogP contribution in [0.1, 0.15) is 16.0 Å². The third kappa shape index (κ3) is 1.03. The van der Waals surface area contributed by atoms with Crippen LogP contribution in [0.5, 0.6) is 0 Å². The fourth-order valence-electron chi connectivity index (χ4n) is 1.51. The average Bonchev–Trinajstić information content (AvgIpc) is 2.33. The average molecular weight is 177 g/mol. The molecular weight excluding hydrogens is 166 g/mol. The normalized spacial score (nSPS) is 10.9. The van der Waals surface area contributed by atoms with Crippen molar-refractivity contribution in [3.05, 3.63) is 28.1 Å². The molecule has 0 unspecified atom stereocenters. The first-order chi connectivity index (χ1) is 5.68. The maximum Gasteiger partial charge on any atom is 0.0872 e. The predicted molar refractivity (Wildman–Crippen MR) is 53.8 cm³/mol. The molecule has 1 aromatic heterocycles. The highest BCUT2D eigenvalue weighted by molar-refractivity contribution is 7.07. The third-order valence-corrected chi connectivity index (χ3v) is 2.87. The summed E-state index contributed by atoms with van der Waals surface area (Å²) in [5, 5.41) is 1.32. The highest BCUT2D eigenvalue weighted by Gasteiger charge is 2.04. The number of rotatable bonds is 0. The maximum atomic E-state index is 4.40. The Morgan fingerprint density at radius 1 is 1.17 bits per heavy atom. The zero-order valence-corrected chi connectivity index (χ0v) is 8.33. The highest BCUT2D eigenvalue weighted by Crippen LogP contribution is 2.25. The molecule has 1 heterocycles. The smallest absolute Gasteiger partial charge is 0.0872 e. The molecule has 0 fully saturated rings. The Balaban J connectivity index is 2.92. The third-order valence-electron chi connectivity index (χ3n) is 2.10. The summed E-state index contributed by atoms with van der Waals surface area (Å²) < 4.78 is 4.40. The first kappa shape index (κ1) is 7.74. The van der Waals surface area contributed by atoms with Gasteiger partial charge in [-0.1, -0.05) is 11.6 Å². The summed E-state index contributed by atoms with van der Waals surface area (Å²) in [6.07, 6.45) is 0. The first-order valence-electron chi connectivity index (χ1n) is 4.02. The van der Waals surface area contributed by atoms with Crippen LogP contribution in [0.2, 0.25) is 0 Å². The van der Waals surface area contributed by atoms with Crippen LogP contribution in [0.15, 0.2) is 12.1 Å². The molecule has 0 saturated carbocycles. The van der Waals surface area contributed by atoms with Crippen LogP contribution in [-0.2, 0) is 0 Å². The fraction of sp³-hybridized carbons (Fsp3) is 0.300. The fourth-order valence-corrected chi connectivity index (χ4v) is 2.24. The second-order valence-electron chi connectivity index (χ2n) is 3.22. The molecule has 2 aromatic rings. The van der Waals surface area contributed by atoms with Gasteiger partial charge in [0.1, 0.15) is 0 Å². The van der Waals surface area contributed by atoms with E-state index in [9.17, 15) is 0 Å². The Kier molecular flexibility index (Phi) is 1.65. The van der Waals surface area contributed by atoms with Crippen LogP contribution in [-0.4, -0.2) is 4.37 Å². The van der Waals surface area contributed by atoms with Gasteiger partial charge in [-0.05, 0) is 43.9 Å². The molecule has 2 heteroatoms. The second-order valence-corrected chi connectivity index (χ2v) is 4.19. The summed E-state index contributed by atoms with van der Waals surface area (Å²) >= 11 is 1.59. The number of hydrogen-bond acceptors (Lipinski definition) is 2. The number of fused-ring (bicyclic) bond motifs is 1. The molecule has 62 valence electrons. The van der Waals surface area contributed by atoms with Crippen molar-refractivity contribution in [1.82, 2.24) is 4.37 Å². The summed E-state index contributed by atoms with van der Waals surface area (Å²) in [6.45, 7) is 6.37. The van der Waals surface area contributed by atoms with Gasteiger partial charge in [0.2, 0.25) is 0 Å². The minimum atomic E-state index is 1.17. The van der Waals surface area contributed by atoms with Crippen molar-refractivity contribution in [2.24, 2.45) is 0 Å². The molecule has 0 atom stereocenters. The van der Waals surface area contributed by atoms with E-state index in [-0.39, 0.29) is 0 Å². The van der Waals surface area contributed by atoms with Crippen molar-refractivity contribution in [3.63, 3.8) is 0 Å². The summed E-state index contributed by atoms with van der Waals surface area (Å²) in [4.78, 5) is 1.32. The number of nitrogens with zero attached hydrogens (tertiary/aromatic N) is 1. The highest BCUT2D eigenvalue weighted by atomic mass is 32.1. The minimum absolute atomic E-state index is 1.17. The summed E-state index contributed by atoms with van der Waals surface area (Å²) in [5.41, 5.74) is 3.78. The van der Waals surface area contributed by atoms with E-state index in [2.05, 4.69) is 37.3 Å². The van der Waals surface area contributed by atoms with Gasteiger partial charge in [0.15, 0.2) is 0 Å². The van der Waals surface area contributed by atoms with Gasteiger partial charge in [-0.25, -0.2) is 0 Å². The molecule has 0 aliphatic rings.